The summed E-state index contributed by atoms with van der Waals surface area (Å²) in [6, 6.07) is 4.33. The van der Waals surface area contributed by atoms with E-state index < -0.39 is 42.0 Å². The number of aliphatic hydroxyl groups excluding tert-OH is 3. The zero-order valence-corrected chi connectivity index (χ0v) is 13.6. The number of nitrogen functional groups attached to an aromatic ring is 1. The lowest BCUT2D eigenvalue weighted by Gasteiger charge is -2.38. The molecular weight excluding hydrogens is 358 g/mol. The summed E-state index contributed by atoms with van der Waals surface area (Å²) in [5.41, 5.74) is 6.43. The van der Waals surface area contributed by atoms with E-state index in [4.69, 9.17) is 25.1 Å². The molecule has 0 spiro atoms. The van der Waals surface area contributed by atoms with E-state index in [-0.39, 0.29) is 18.0 Å². The molecule has 11 heteroatoms. The summed E-state index contributed by atoms with van der Waals surface area (Å²) in [7, 11) is 0. The summed E-state index contributed by atoms with van der Waals surface area (Å²) in [6.07, 6.45) is -8.64. The van der Waals surface area contributed by atoms with Crippen molar-refractivity contribution < 1.29 is 44.2 Å². The molecule has 1 aliphatic heterocycles. The summed E-state index contributed by atoms with van der Waals surface area (Å²) in [4.78, 5) is 21.7. The van der Waals surface area contributed by atoms with E-state index in [9.17, 15) is 24.9 Å². The molecule has 1 aromatic rings. The molecule has 1 saturated heterocycles. The summed E-state index contributed by atoms with van der Waals surface area (Å²) >= 11 is 3.46. The van der Waals surface area contributed by atoms with Gasteiger partial charge >= 0.3 is 11.3 Å². The van der Waals surface area contributed by atoms with E-state index >= 15 is 0 Å². The van der Waals surface area contributed by atoms with Crippen molar-refractivity contribution in [3.05, 3.63) is 23.8 Å². The molecule has 1 heterocycles. The smallest absolute Gasteiger partial charge is 0.364 e. The van der Waals surface area contributed by atoms with Crippen LogP contribution in [0.2, 0.25) is 0 Å². The lowest BCUT2D eigenvalue weighted by Crippen LogP contribution is -2.61. The maximum Gasteiger partial charge on any atom is 0.364 e. The van der Waals surface area contributed by atoms with Gasteiger partial charge in [0.2, 0.25) is 6.29 Å². The van der Waals surface area contributed by atoms with Crippen molar-refractivity contribution in [2.24, 2.45) is 0 Å². The van der Waals surface area contributed by atoms with Crippen molar-refractivity contribution in [1.82, 2.24) is 0 Å². The molecule has 25 heavy (non-hydrogen) atoms. The summed E-state index contributed by atoms with van der Waals surface area (Å²) in [5.74, 6) is -1.48. The molecule has 6 N–H and O–H groups in total. The average Bonchev–Trinajstić information content (AvgIpc) is 2.54. The Morgan fingerprint density at radius 3 is 2.44 bits per heavy atom. The minimum absolute atomic E-state index is 0.0396. The third kappa shape index (κ3) is 4.52. The van der Waals surface area contributed by atoms with Crippen molar-refractivity contribution in [2.45, 2.75) is 37.3 Å². The van der Waals surface area contributed by atoms with Crippen LogP contribution in [-0.2, 0) is 20.9 Å². The summed E-state index contributed by atoms with van der Waals surface area (Å²) in [5, 5.41) is 37.5. The van der Waals surface area contributed by atoms with Crippen molar-refractivity contribution in [1.29, 1.82) is 0 Å². The molecule has 0 amide bonds. The highest BCUT2D eigenvalue weighted by Crippen LogP contribution is 2.29. The van der Waals surface area contributed by atoms with Gasteiger partial charge < -0.3 is 40.4 Å². The zero-order chi connectivity index (χ0) is 18.7. The van der Waals surface area contributed by atoms with Gasteiger partial charge in [0.25, 0.3) is 0 Å². The minimum Gasteiger partial charge on any atom is -0.479 e. The molecule has 0 bridgehead atoms. The second kappa shape index (κ2) is 7.89. The number of aliphatic hydroxyl groups is 3. The number of hydrogen-bond donors (Lipinski definition) is 6. The number of carbonyl (C=O) groups is 2. The number of carbonyl (C=O) groups excluding carboxylic acids is 1. The zero-order valence-electron chi connectivity index (χ0n) is 12.7. The lowest BCUT2D eigenvalue weighted by atomic mass is 9.99. The van der Waals surface area contributed by atoms with Crippen LogP contribution >= 0.6 is 12.6 Å². The van der Waals surface area contributed by atoms with Gasteiger partial charge in [-0.1, -0.05) is 18.7 Å². The van der Waals surface area contributed by atoms with Gasteiger partial charge in [-0.05, 0) is 17.7 Å². The van der Waals surface area contributed by atoms with Crippen LogP contribution in [0.5, 0.6) is 5.75 Å². The Morgan fingerprint density at radius 1 is 1.20 bits per heavy atom. The topological polar surface area (TPSA) is 169 Å². The fourth-order valence-electron chi connectivity index (χ4n) is 2.21. The van der Waals surface area contributed by atoms with Gasteiger partial charge in [-0.25, -0.2) is 9.59 Å². The predicted molar refractivity (Wildman–Crippen MR) is 85.0 cm³/mol. The van der Waals surface area contributed by atoms with Gasteiger partial charge in [0.15, 0.2) is 6.10 Å². The highest BCUT2D eigenvalue weighted by atomic mass is 32.1. The maximum atomic E-state index is 11.0. The first kappa shape index (κ1) is 19.3. The molecule has 1 fully saturated rings. The Labute approximate surface area is 147 Å². The third-order valence-electron chi connectivity index (χ3n) is 3.49. The monoisotopic (exact) mass is 375 g/mol. The van der Waals surface area contributed by atoms with E-state index in [2.05, 4.69) is 12.6 Å². The van der Waals surface area contributed by atoms with E-state index in [1.165, 1.54) is 18.2 Å². The number of carboxylic acids is 1. The number of hydrogen-bond acceptors (Lipinski definition) is 9. The molecule has 2 rings (SSSR count). The number of anilines is 1. The van der Waals surface area contributed by atoms with Gasteiger partial charge in [-0.15, -0.1) is 0 Å². The Balaban J connectivity index is 2.12. The lowest BCUT2D eigenvalue weighted by molar-refractivity contribution is -0.271. The van der Waals surface area contributed by atoms with Crippen molar-refractivity contribution in [2.75, 3.05) is 5.73 Å². The number of ether oxygens (including phenoxy) is 3. The molecule has 0 unspecified atom stereocenters. The Bertz CT molecular complexity index is 655. The van der Waals surface area contributed by atoms with E-state index in [0.29, 0.717) is 5.56 Å². The standard InChI is InChI=1S/C14H17NO9S/c15-6-3-5(4-22-14(21)25)1-2-7(6)23-13-10(18)8(16)9(17)11(24-13)12(19)20/h1-3,8-11,13,16-18H,4,15H2,(H,19,20)(H,21,25)/t8-,9-,10+,11-,13-/m0/s1. The fourth-order valence-corrected chi connectivity index (χ4v) is 2.28. The van der Waals surface area contributed by atoms with Gasteiger partial charge in [0.1, 0.15) is 30.7 Å². The highest BCUT2D eigenvalue weighted by molar-refractivity contribution is 7.96. The Kier molecular flexibility index (Phi) is 6.08. The summed E-state index contributed by atoms with van der Waals surface area (Å²) < 4.78 is 15.0. The van der Waals surface area contributed by atoms with Crippen LogP contribution in [0.3, 0.4) is 0 Å². The molecule has 1 aromatic carbocycles. The first-order valence-electron chi connectivity index (χ1n) is 7.04. The quantitative estimate of drug-likeness (QED) is 0.215. The fraction of sp³-hybridized carbons (Fsp3) is 0.429. The highest BCUT2D eigenvalue weighted by Gasteiger charge is 2.48. The molecule has 0 radical (unpaired) electrons. The third-order valence-corrected chi connectivity index (χ3v) is 3.62. The molecular formula is C14H17NO9S. The maximum absolute atomic E-state index is 11.0. The number of nitrogens with two attached hydrogens (primary N) is 1. The van der Waals surface area contributed by atoms with Crippen LogP contribution in [0.1, 0.15) is 5.56 Å². The number of aliphatic carboxylic acids is 1. The van der Waals surface area contributed by atoms with E-state index in [0.717, 1.165) is 0 Å². The minimum atomic E-state index is -1.82. The van der Waals surface area contributed by atoms with Crippen molar-refractivity contribution in [3.8, 4) is 5.75 Å². The second-order valence-corrected chi connectivity index (χ2v) is 5.64. The second-order valence-electron chi connectivity index (χ2n) is 5.28. The predicted octanol–water partition coefficient (Wildman–Crippen LogP) is -0.894. The number of rotatable bonds is 5. The van der Waals surface area contributed by atoms with Gasteiger partial charge in [0, 0.05) is 0 Å². The van der Waals surface area contributed by atoms with Crippen LogP contribution in [-0.4, -0.2) is 62.4 Å². The van der Waals surface area contributed by atoms with Crippen LogP contribution in [0.25, 0.3) is 0 Å². The molecule has 0 aromatic heterocycles. The van der Waals surface area contributed by atoms with Gasteiger partial charge in [0.05, 0.1) is 5.69 Å². The van der Waals surface area contributed by atoms with Gasteiger partial charge in [-0.2, -0.15) is 0 Å². The Hall–Kier alpha value is -2.05. The van der Waals surface area contributed by atoms with E-state index in [1.807, 2.05) is 0 Å². The van der Waals surface area contributed by atoms with E-state index in [1.54, 1.807) is 0 Å². The number of carboxylic acid groups (broad SMARTS) is 1. The largest absolute Gasteiger partial charge is 0.479 e. The average molecular weight is 375 g/mol. The first-order chi connectivity index (χ1) is 11.7. The normalized spacial score (nSPS) is 29.0. The van der Waals surface area contributed by atoms with Crippen molar-refractivity contribution in [3.63, 3.8) is 0 Å². The summed E-state index contributed by atoms with van der Waals surface area (Å²) in [6.45, 7) is -0.0681. The molecule has 5 atom stereocenters. The first-order valence-corrected chi connectivity index (χ1v) is 7.48. The number of thiol groups is 1. The van der Waals surface area contributed by atoms with Crippen LogP contribution in [0.4, 0.5) is 10.5 Å². The number of benzene rings is 1. The molecule has 0 saturated carbocycles. The van der Waals surface area contributed by atoms with Crippen LogP contribution in [0, 0.1) is 0 Å². The molecule has 10 nitrogen and oxygen atoms in total. The van der Waals surface area contributed by atoms with Crippen LogP contribution < -0.4 is 10.5 Å². The Morgan fingerprint density at radius 2 is 1.88 bits per heavy atom. The molecule has 1 aliphatic rings. The molecule has 138 valence electrons. The molecule has 0 aliphatic carbocycles. The van der Waals surface area contributed by atoms with Gasteiger partial charge in [-0.3, -0.25) is 0 Å². The SMILES string of the molecule is Nc1cc(COC(=O)S)ccc1O[C@H]1O[C@H](C(=O)O)[C@@H](O)[C@H](O)[C@H]1O. The van der Waals surface area contributed by atoms with Crippen LogP contribution in [0.15, 0.2) is 18.2 Å². The van der Waals surface area contributed by atoms with Crippen molar-refractivity contribution >= 4 is 29.6 Å².